The van der Waals surface area contributed by atoms with Gasteiger partial charge in [0.15, 0.2) is 0 Å². The van der Waals surface area contributed by atoms with Crippen molar-refractivity contribution in [3.63, 3.8) is 0 Å². The van der Waals surface area contributed by atoms with Crippen LogP contribution >= 0.6 is 0 Å². The van der Waals surface area contributed by atoms with Gasteiger partial charge in [-0.1, -0.05) is 0 Å². The molecule has 9 heteroatoms. The van der Waals surface area contributed by atoms with Gasteiger partial charge in [-0.25, -0.2) is 18.1 Å². The Morgan fingerprint density at radius 1 is 1.35 bits per heavy atom. The maximum absolute atomic E-state index is 12.3. The van der Waals surface area contributed by atoms with Gasteiger partial charge in [0.1, 0.15) is 5.82 Å². The lowest BCUT2D eigenvalue weighted by atomic mass is 10.3. The van der Waals surface area contributed by atoms with Crippen LogP contribution in [0, 0.1) is 0 Å². The predicted molar refractivity (Wildman–Crippen MR) is 88.6 cm³/mol. The molecule has 0 saturated carbocycles. The quantitative estimate of drug-likeness (QED) is 0.717. The Morgan fingerprint density at radius 2 is 2.09 bits per heavy atom. The summed E-state index contributed by atoms with van der Waals surface area (Å²) in [5.41, 5.74) is 0.343. The average molecular weight is 343 g/mol. The minimum absolute atomic E-state index is 0.0413. The molecule has 0 fully saturated rings. The third kappa shape index (κ3) is 5.69. The number of nitrogens with zero attached hydrogens (tertiary/aromatic N) is 4. The molecule has 8 nitrogen and oxygen atoms in total. The van der Waals surface area contributed by atoms with Crippen LogP contribution in [0.15, 0.2) is 10.9 Å². The van der Waals surface area contributed by atoms with Crippen molar-refractivity contribution in [3.8, 4) is 0 Å². The molecule has 0 atom stereocenters. The first kappa shape index (κ1) is 18.1. The molecule has 2 rings (SSSR count). The molecule has 0 saturated heterocycles. The minimum Gasteiger partial charge on any atom is -0.308 e. The molecule has 1 aromatic heterocycles. The predicted octanol–water partition coefficient (Wildman–Crippen LogP) is -0.940. The highest BCUT2D eigenvalue weighted by molar-refractivity contribution is 7.88. The molecular weight excluding hydrogens is 318 g/mol. The van der Waals surface area contributed by atoms with Crippen LogP contribution in [-0.2, 0) is 29.7 Å². The van der Waals surface area contributed by atoms with Crippen LogP contribution in [0.25, 0.3) is 0 Å². The lowest BCUT2D eigenvalue weighted by Crippen LogP contribution is -2.33. The summed E-state index contributed by atoms with van der Waals surface area (Å²) in [5.74, 6) is 0.707. The highest BCUT2D eigenvalue weighted by atomic mass is 32.2. The lowest BCUT2D eigenvalue weighted by molar-refractivity contribution is 0.234. The van der Waals surface area contributed by atoms with E-state index in [2.05, 4.69) is 19.5 Å². The summed E-state index contributed by atoms with van der Waals surface area (Å²) in [6.07, 6.45) is 2.00. The van der Waals surface area contributed by atoms with Crippen molar-refractivity contribution in [3.05, 3.63) is 27.9 Å². The smallest absolute Gasteiger partial charge is 0.253 e. The van der Waals surface area contributed by atoms with Crippen LogP contribution in [0.5, 0.6) is 0 Å². The zero-order valence-corrected chi connectivity index (χ0v) is 14.8. The van der Waals surface area contributed by atoms with E-state index in [-0.39, 0.29) is 12.1 Å². The number of fused-ring (bicyclic) bond motifs is 1. The molecule has 0 spiro atoms. The van der Waals surface area contributed by atoms with Crippen LogP contribution in [0.3, 0.4) is 0 Å². The van der Waals surface area contributed by atoms with Crippen molar-refractivity contribution >= 4 is 10.0 Å². The molecule has 1 aromatic rings. The molecule has 130 valence electrons. The molecular formula is C14H25N5O3S. The molecule has 1 N–H and O–H groups in total. The van der Waals surface area contributed by atoms with Gasteiger partial charge in [-0.2, -0.15) is 0 Å². The maximum Gasteiger partial charge on any atom is 0.253 e. The molecule has 0 unspecified atom stereocenters. The van der Waals surface area contributed by atoms with Crippen molar-refractivity contribution < 1.29 is 8.42 Å². The summed E-state index contributed by atoms with van der Waals surface area (Å²) >= 11 is 0. The summed E-state index contributed by atoms with van der Waals surface area (Å²) in [6.45, 7) is 4.08. The van der Waals surface area contributed by atoms with E-state index in [1.165, 1.54) is 6.07 Å². The maximum atomic E-state index is 12.3. The molecule has 0 aliphatic carbocycles. The van der Waals surface area contributed by atoms with E-state index in [0.29, 0.717) is 24.6 Å². The second-order valence-electron chi connectivity index (χ2n) is 6.18. The fraction of sp³-hybridized carbons (Fsp3) is 0.714. The number of hydrogen-bond donors (Lipinski definition) is 1. The van der Waals surface area contributed by atoms with Gasteiger partial charge >= 0.3 is 0 Å². The second kappa shape index (κ2) is 7.52. The molecule has 0 aromatic carbocycles. The third-order valence-corrected chi connectivity index (χ3v) is 4.41. The van der Waals surface area contributed by atoms with E-state index in [0.717, 1.165) is 32.3 Å². The minimum atomic E-state index is -3.31. The summed E-state index contributed by atoms with van der Waals surface area (Å²) in [6, 6.07) is 1.41. The van der Waals surface area contributed by atoms with Gasteiger partial charge in [-0.15, -0.1) is 0 Å². The van der Waals surface area contributed by atoms with Crippen molar-refractivity contribution in [1.82, 2.24) is 24.1 Å². The Labute approximate surface area is 137 Å². The van der Waals surface area contributed by atoms with Crippen molar-refractivity contribution in [2.75, 3.05) is 40.0 Å². The Hall–Kier alpha value is -1.29. The van der Waals surface area contributed by atoms with Gasteiger partial charge in [0.25, 0.3) is 5.56 Å². The first-order valence-corrected chi connectivity index (χ1v) is 9.55. The SMILES string of the molecule is CN(C)CCN1CCCn2c(nc(CNS(C)(=O)=O)cc2=O)C1. The summed E-state index contributed by atoms with van der Waals surface area (Å²) in [7, 11) is 0.755. The number of aromatic nitrogens is 2. The second-order valence-corrected chi connectivity index (χ2v) is 8.01. The fourth-order valence-corrected chi connectivity index (χ4v) is 2.94. The van der Waals surface area contributed by atoms with E-state index in [1.807, 2.05) is 14.1 Å². The van der Waals surface area contributed by atoms with Crippen LogP contribution in [0.1, 0.15) is 17.9 Å². The van der Waals surface area contributed by atoms with Gasteiger partial charge in [-0.05, 0) is 20.5 Å². The molecule has 23 heavy (non-hydrogen) atoms. The van der Waals surface area contributed by atoms with Crippen molar-refractivity contribution in [2.24, 2.45) is 0 Å². The van der Waals surface area contributed by atoms with Crippen LogP contribution < -0.4 is 10.3 Å². The van der Waals surface area contributed by atoms with Crippen LogP contribution in [-0.4, -0.2) is 67.8 Å². The van der Waals surface area contributed by atoms with Gasteiger partial charge in [0, 0.05) is 32.2 Å². The van der Waals surface area contributed by atoms with E-state index >= 15 is 0 Å². The van der Waals surface area contributed by atoms with Crippen LogP contribution in [0.4, 0.5) is 0 Å². The van der Waals surface area contributed by atoms with Gasteiger partial charge in [0.2, 0.25) is 10.0 Å². The Kier molecular flexibility index (Phi) is 5.90. The van der Waals surface area contributed by atoms with Crippen LogP contribution in [0.2, 0.25) is 0 Å². The highest BCUT2D eigenvalue weighted by Crippen LogP contribution is 2.09. The van der Waals surface area contributed by atoms with E-state index in [4.69, 9.17) is 0 Å². The Balaban J connectivity index is 2.17. The first-order chi connectivity index (χ1) is 10.7. The summed E-state index contributed by atoms with van der Waals surface area (Å²) < 4.78 is 26.5. The third-order valence-electron chi connectivity index (χ3n) is 3.74. The molecule has 1 aliphatic heterocycles. The van der Waals surface area contributed by atoms with E-state index in [1.54, 1.807) is 4.57 Å². The topological polar surface area (TPSA) is 87.5 Å². The Bertz CT molecular complexity index is 699. The highest BCUT2D eigenvalue weighted by Gasteiger charge is 2.17. The zero-order chi connectivity index (χ0) is 17.0. The molecule has 0 amide bonds. The molecule has 0 bridgehead atoms. The van der Waals surface area contributed by atoms with Crippen molar-refractivity contribution in [1.29, 1.82) is 0 Å². The largest absolute Gasteiger partial charge is 0.308 e. The summed E-state index contributed by atoms with van der Waals surface area (Å²) in [4.78, 5) is 21.1. The zero-order valence-electron chi connectivity index (χ0n) is 13.9. The summed E-state index contributed by atoms with van der Waals surface area (Å²) in [5, 5.41) is 0. The van der Waals surface area contributed by atoms with E-state index < -0.39 is 10.0 Å². The molecule has 1 aliphatic rings. The number of nitrogens with one attached hydrogen (secondary N) is 1. The van der Waals surface area contributed by atoms with Crippen molar-refractivity contribution in [2.45, 2.75) is 26.1 Å². The number of likely N-dealkylation sites (N-methyl/N-ethyl adjacent to an activating group) is 1. The molecule has 2 heterocycles. The standard InChI is InChI=1S/C14H25N5O3S/c1-17(2)7-8-18-5-4-6-19-13(11-18)16-12(9-14(19)20)10-15-23(3,21)22/h9,15H,4-8,10-11H2,1-3H3. The lowest BCUT2D eigenvalue weighted by Gasteiger charge is -2.21. The van der Waals surface area contributed by atoms with E-state index in [9.17, 15) is 13.2 Å². The number of sulfonamides is 1. The first-order valence-electron chi connectivity index (χ1n) is 7.66. The normalized spacial score (nSPS) is 16.3. The number of hydrogen-bond acceptors (Lipinski definition) is 6. The fourth-order valence-electron chi connectivity index (χ4n) is 2.53. The Morgan fingerprint density at radius 3 is 2.74 bits per heavy atom. The average Bonchev–Trinajstić information content (AvgIpc) is 2.64. The van der Waals surface area contributed by atoms with Gasteiger partial charge in [-0.3, -0.25) is 14.3 Å². The monoisotopic (exact) mass is 343 g/mol. The van der Waals surface area contributed by atoms with Gasteiger partial charge < -0.3 is 4.90 Å². The van der Waals surface area contributed by atoms with Gasteiger partial charge in [0.05, 0.1) is 25.0 Å². The molecule has 0 radical (unpaired) electrons. The number of rotatable bonds is 6.